The molecule has 1 aromatic heterocycles. The van der Waals surface area contributed by atoms with Crippen LogP contribution in [0.15, 0.2) is 5.38 Å². The number of carboxylic acids is 1. The zero-order valence-electron chi connectivity index (χ0n) is 16.2. The molecule has 26 heavy (non-hydrogen) atoms. The van der Waals surface area contributed by atoms with Gasteiger partial charge in [0.2, 0.25) is 0 Å². The van der Waals surface area contributed by atoms with Crippen molar-refractivity contribution in [3.8, 4) is 0 Å². The van der Waals surface area contributed by atoms with Gasteiger partial charge in [-0.1, -0.05) is 27.7 Å². The average Bonchev–Trinajstić information content (AvgIpc) is 3.07. The Hall–Kier alpha value is -1.28. The van der Waals surface area contributed by atoms with Gasteiger partial charge < -0.3 is 14.9 Å². The van der Waals surface area contributed by atoms with E-state index >= 15 is 0 Å². The van der Waals surface area contributed by atoms with E-state index in [9.17, 15) is 14.7 Å². The van der Waals surface area contributed by atoms with Gasteiger partial charge in [0.05, 0.1) is 12.2 Å². The molecule has 6 nitrogen and oxygen atoms in total. The second-order valence-electron chi connectivity index (χ2n) is 8.09. The number of carboxylic acid groups (broad SMARTS) is 1. The summed E-state index contributed by atoms with van der Waals surface area (Å²) in [5.41, 5.74) is 0.896. The highest BCUT2D eigenvalue weighted by Gasteiger charge is 2.41. The number of hydrogen-bond acceptors (Lipinski definition) is 5. The first-order valence-corrected chi connectivity index (χ1v) is 11.1. The first-order valence-electron chi connectivity index (χ1n) is 8.83. The van der Waals surface area contributed by atoms with Crippen LogP contribution in [0.3, 0.4) is 0 Å². The summed E-state index contributed by atoms with van der Waals surface area (Å²) < 4.78 is 0. The second-order valence-corrected chi connectivity index (χ2v) is 9.90. The molecule has 2 amide bonds. The minimum absolute atomic E-state index is 0.0177. The monoisotopic (exact) mass is 399 g/mol. The van der Waals surface area contributed by atoms with Crippen LogP contribution < -0.4 is 0 Å². The van der Waals surface area contributed by atoms with Gasteiger partial charge in [-0.15, -0.1) is 11.3 Å². The summed E-state index contributed by atoms with van der Waals surface area (Å²) >= 11 is 3.32. The van der Waals surface area contributed by atoms with E-state index in [1.165, 1.54) is 4.90 Å². The minimum Gasteiger partial charge on any atom is -0.480 e. The maximum atomic E-state index is 12.8. The van der Waals surface area contributed by atoms with Crippen molar-refractivity contribution in [2.24, 2.45) is 11.3 Å². The SMILES string of the molecule is CSCc1nc(CN2CCN([C@H](C(=O)O)C(C)CC(C)(C)C)C2=O)cs1. The lowest BCUT2D eigenvalue weighted by Crippen LogP contribution is -2.48. The summed E-state index contributed by atoms with van der Waals surface area (Å²) in [6, 6.07) is -0.980. The largest absolute Gasteiger partial charge is 0.480 e. The number of aliphatic carboxylic acids is 1. The summed E-state index contributed by atoms with van der Waals surface area (Å²) in [6.45, 7) is 9.64. The summed E-state index contributed by atoms with van der Waals surface area (Å²) in [4.78, 5) is 32.5. The van der Waals surface area contributed by atoms with Crippen LogP contribution in [0.4, 0.5) is 4.79 Å². The Morgan fingerprint density at radius 2 is 2.12 bits per heavy atom. The predicted octanol–water partition coefficient (Wildman–Crippen LogP) is 3.77. The van der Waals surface area contributed by atoms with Crippen molar-refractivity contribution in [1.29, 1.82) is 0 Å². The molecule has 0 aromatic carbocycles. The van der Waals surface area contributed by atoms with Crippen molar-refractivity contribution in [3.05, 3.63) is 16.1 Å². The standard InChI is InChI=1S/C18H29N3O3S2/c1-12(8-18(2,3)4)15(16(22)23)21-7-6-20(17(21)24)9-13-10-26-14(19-13)11-25-5/h10,12,15H,6-9,11H2,1-5H3,(H,22,23)/t12?,15-/m0/s1. The Morgan fingerprint density at radius 1 is 1.42 bits per heavy atom. The van der Waals surface area contributed by atoms with Gasteiger partial charge in [0, 0.05) is 24.2 Å². The highest BCUT2D eigenvalue weighted by Crippen LogP contribution is 2.30. The predicted molar refractivity (Wildman–Crippen MR) is 107 cm³/mol. The van der Waals surface area contributed by atoms with Crippen molar-refractivity contribution in [1.82, 2.24) is 14.8 Å². The summed E-state index contributed by atoms with van der Waals surface area (Å²) in [5, 5.41) is 12.8. The van der Waals surface area contributed by atoms with Crippen molar-refractivity contribution in [3.63, 3.8) is 0 Å². The van der Waals surface area contributed by atoms with Gasteiger partial charge in [-0.3, -0.25) is 0 Å². The third-order valence-corrected chi connectivity index (χ3v) is 6.05. The van der Waals surface area contributed by atoms with Crippen LogP contribution in [0, 0.1) is 11.3 Å². The number of nitrogens with zero attached hydrogens (tertiary/aromatic N) is 3. The lowest BCUT2D eigenvalue weighted by Gasteiger charge is -2.32. The third kappa shape index (κ3) is 5.36. The Labute approximate surface area is 164 Å². The summed E-state index contributed by atoms with van der Waals surface area (Å²) in [5.74, 6) is -0.160. The molecule has 8 heteroatoms. The zero-order valence-corrected chi connectivity index (χ0v) is 17.8. The lowest BCUT2D eigenvalue weighted by molar-refractivity contribution is -0.144. The van der Waals surface area contributed by atoms with Crippen LogP contribution in [-0.4, -0.2) is 57.3 Å². The number of aromatic nitrogens is 1. The van der Waals surface area contributed by atoms with Gasteiger partial charge in [0.25, 0.3) is 0 Å². The number of thiazole rings is 1. The van der Waals surface area contributed by atoms with Gasteiger partial charge >= 0.3 is 12.0 Å². The molecule has 1 aliphatic rings. The second kappa shape index (κ2) is 8.61. The molecule has 2 rings (SSSR count). The van der Waals surface area contributed by atoms with Gasteiger partial charge in [-0.05, 0) is 24.0 Å². The summed E-state index contributed by atoms with van der Waals surface area (Å²) in [7, 11) is 0. The van der Waals surface area contributed by atoms with E-state index in [2.05, 4.69) is 25.8 Å². The number of rotatable bonds is 8. The molecule has 0 aliphatic carbocycles. The first-order chi connectivity index (χ1) is 12.1. The number of amides is 2. The van der Waals surface area contributed by atoms with Crippen molar-refractivity contribution >= 4 is 35.1 Å². The average molecular weight is 400 g/mol. The van der Waals surface area contributed by atoms with Gasteiger partial charge in [-0.2, -0.15) is 11.8 Å². The molecule has 1 unspecified atom stereocenters. The fraction of sp³-hybridized carbons (Fsp3) is 0.722. The van der Waals surface area contributed by atoms with Crippen LogP contribution in [0.1, 0.15) is 44.8 Å². The maximum Gasteiger partial charge on any atom is 0.326 e. The number of carbonyl (C=O) groups excluding carboxylic acids is 1. The summed E-state index contributed by atoms with van der Waals surface area (Å²) in [6.07, 6.45) is 2.78. The first kappa shape index (κ1) is 21.0. The molecular formula is C18H29N3O3S2. The molecule has 0 spiro atoms. The van der Waals surface area contributed by atoms with E-state index in [0.29, 0.717) is 19.6 Å². The van der Waals surface area contributed by atoms with Crippen LogP contribution in [0.5, 0.6) is 0 Å². The number of carbonyl (C=O) groups is 2. The normalized spacial score (nSPS) is 17.7. The van der Waals surface area contributed by atoms with Crippen LogP contribution >= 0.6 is 23.1 Å². The molecule has 1 aromatic rings. The Balaban J connectivity index is 2.06. The van der Waals surface area contributed by atoms with Crippen molar-refractivity contribution in [2.45, 2.75) is 52.5 Å². The number of hydrogen-bond donors (Lipinski definition) is 1. The van der Waals surface area contributed by atoms with Crippen LogP contribution in [0.25, 0.3) is 0 Å². The molecule has 1 fully saturated rings. The minimum atomic E-state index is -0.923. The molecule has 1 aliphatic heterocycles. The quantitative estimate of drug-likeness (QED) is 0.720. The molecule has 1 N–H and O–H groups in total. The maximum absolute atomic E-state index is 12.8. The smallest absolute Gasteiger partial charge is 0.326 e. The van der Waals surface area contributed by atoms with E-state index in [0.717, 1.165) is 22.9 Å². The fourth-order valence-electron chi connectivity index (χ4n) is 3.57. The van der Waals surface area contributed by atoms with Gasteiger partial charge in [-0.25, -0.2) is 14.6 Å². The van der Waals surface area contributed by atoms with E-state index in [4.69, 9.17) is 0 Å². The van der Waals surface area contributed by atoms with E-state index in [1.54, 1.807) is 28.0 Å². The van der Waals surface area contributed by atoms with Crippen molar-refractivity contribution < 1.29 is 14.7 Å². The third-order valence-electron chi connectivity index (χ3n) is 4.41. The van der Waals surface area contributed by atoms with Crippen LogP contribution in [-0.2, 0) is 17.1 Å². The highest BCUT2D eigenvalue weighted by atomic mass is 32.2. The highest BCUT2D eigenvalue weighted by molar-refractivity contribution is 7.97. The molecule has 0 saturated carbocycles. The van der Waals surface area contributed by atoms with Crippen LogP contribution in [0.2, 0.25) is 0 Å². The fourth-order valence-corrected chi connectivity index (χ4v) is 5.08. The van der Waals surface area contributed by atoms with E-state index in [-0.39, 0.29) is 17.4 Å². The molecule has 2 heterocycles. The number of thioether (sulfide) groups is 1. The topological polar surface area (TPSA) is 73.7 Å². The van der Waals surface area contributed by atoms with E-state index in [1.807, 2.05) is 18.6 Å². The van der Waals surface area contributed by atoms with Gasteiger partial charge in [0.15, 0.2) is 0 Å². The lowest BCUT2D eigenvalue weighted by atomic mass is 9.82. The molecule has 2 atom stereocenters. The van der Waals surface area contributed by atoms with Gasteiger partial charge in [0.1, 0.15) is 11.0 Å². The zero-order chi connectivity index (χ0) is 19.5. The molecule has 0 radical (unpaired) electrons. The molecule has 0 bridgehead atoms. The molecular weight excluding hydrogens is 370 g/mol. The molecule has 146 valence electrons. The Kier molecular flexibility index (Phi) is 6.96. The number of urea groups is 1. The Bertz CT molecular complexity index is 642. The molecule has 1 saturated heterocycles. The van der Waals surface area contributed by atoms with E-state index < -0.39 is 12.0 Å². The van der Waals surface area contributed by atoms with Crippen molar-refractivity contribution in [2.75, 3.05) is 19.3 Å². The Morgan fingerprint density at radius 3 is 2.69 bits per heavy atom.